The minimum Gasteiger partial charge on any atom is -0.375 e. The number of aromatic nitrogens is 2. The number of carbonyl (C=O) groups is 1. The summed E-state index contributed by atoms with van der Waals surface area (Å²) in [5, 5.41) is 0. The Balaban J connectivity index is 2.58. The molecule has 6 heteroatoms. The molecule has 0 aliphatic carbocycles. The Morgan fingerprint density at radius 3 is 3.00 bits per heavy atom. The maximum absolute atomic E-state index is 10.3. The van der Waals surface area contributed by atoms with E-state index >= 15 is 0 Å². The van der Waals surface area contributed by atoms with Crippen molar-refractivity contribution >= 4 is 18.0 Å². The van der Waals surface area contributed by atoms with Crippen LogP contribution in [-0.2, 0) is 4.29 Å². The summed E-state index contributed by atoms with van der Waals surface area (Å²) in [5.41, 5.74) is 0. The number of rotatable bonds is 1. The van der Waals surface area contributed by atoms with Gasteiger partial charge in [0.2, 0.25) is 5.88 Å². The number of hydrogen-bond acceptors (Lipinski definition) is 5. The van der Waals surface area contributed by atoms with Crippen molar-refractivity contribution in [1.82, 2.24) is 9.97 Å². The SMILES string of the molecule is O=C(OCl)Oc1ccncn1. The lowest BCUT2D eigenvalue weighted by molar-refractivity contribution is 0.154. The van der Waals surface area contributed by atoms with Gasteiger partial charge in [0.25, 0.3) is 0 Å². The van der Waals surface area contributed by atoms with E-state index in [1.807, 2.05) is 0 Å². The number of nitrogens with zero attached hydrogens (tertiary/aromatic N) is 2. The molecule has 1 rings (SSSR count). The summed E-state index contributed by atoms with van der Waals surface area (Å²) in [5.74, 6) is 0.0886. The molecular weight excluding hydrogens is 172 g/mol. The molecule has 1 aromatic heterocycles. The van der Waals surface area contributed by atoms with Gasteiger partial charge >= 0.3 is 6.16 Å². The van der Waals surface area contributed by atoms with Crippen molar-refractivity contribution in [1.29, 1.82) is 0 Å². The van der Waals surface area contributed by atoms with Crippen LogP contribution in [0.25, 0.3) is 0 Å². The molecular formula is C5H3ClN2O3. The van der Waals surface area contributed by atoms with Gasteiger partial charge < -0.3 is 9.03 Å². The molecule has 0 fully saturated rings. The Kier molecular flexibility index (Phi) is 2.62. The number of hydrogen-bond donors (Lipinski definition) is 0. The van der Waals surface area contributed by atoms with Gasteiger partial charge in [-0.2, -0.15) is 0 Å². The third-order valence-corrected chi connectivity index (χ3v) is 0.932. The molecule has 0 saturated heterocycles. The molecule has 0 N–H and O–H groups in total. The fourth-order valence-corrected chi connectivity index (χ4v) is 0.472. The van der Waals surface area contributed by atoms with Crippen LogP contribution in [0.5, 0.6) is 5.88 Å². The molecule has 1 aromatic rings. The first-order valence-corrected chi connectivity index (χ1v) is 2.90. The van der Waals surface area contributed by atoms with Gasteiger partial charge in [0.05, 0.1) is 0 Å². The van der Waals surface area contributed by atoms with Crippen molar-refractivity contribution in [2.24, 2.45) is 0 Å². The Bertz CT molecular complexity index is 241. The van der Waals surface area contributed by atoms with E-state index in [4.69, 9.17) is 0 Å². The molecule has 58 valence electrons. The van der Waals surface area contributed by atoms with E-state index in [2.05, 4.69) is 30.9 Å². The van der Waals surface area contributed by atoms with Crippen molar-refractivity contribution in [3.63, 3.8) is 0 Å². The molecule has 0 atom stereocenters. The van der Waals surface area contributed by atoms with Crippen LogP contribution in [0.15, 0.2) is 18.6 Å². The van der Waals surface area contributed by atoms with Gasteiger partial charge in [0, 0.05) is 12.3 Å². The van der Waals surface area contributed by atoms with E-state index in [0.29, 0.717) is 0 Å². The predicted molar refractivity (Wildman–Crippen MR) is 35.0 cm³/mol. The third kappa shape index (κ3) is 2.38. The minimum absolute atomic E-state index is 0.0886. The minimum atomic E-state index is -1.02. The first-order valence-electron chi connectivity index (χ1n) is 2.59. The van der Waals surface area contributed by atoms with E-state index in [0.717, 1.165) is 0 Å². The second kappa shape index (κ2) is 3.72. The predicted octanol–water partition coefficient (Wildman–Crippen LogP) is 1.15. The average Bonchev–Trinajstić information content (AvgIpc) is 2.06. The Morgan fingerprint density at radius 2 is 2.45 bits per heavy atom. The van der Waals surface area contributed by atoms with E-state index < -0.39 is 6.16 Å². The Hall–Kier alpha value is -1.36. The summed E-state index contributed by atoms with van der Waals surface area (Å²) in [6.07, 6.45) is 1.63. The van der Waals surface area contributed by atoms with E-state index in [9.17, 15) is 4.79 Å². The van der Waals surface area contributed by atoms with Crippen LogP contribution < -0.4 is 4.74 Å². The fourth-order valence-electron chi connectivity index (χ4n) is 0.440. The van der Waals surface area contributed by atoms with E-state index in [1.54, 1.807) is 0 Å². The monoisotopic (exact) mass is 174 g/mol. The summed E-state index contributed by atoms with van der Waals surface area (Å²) in [6, 6.07) is 1.40. The number of carbonyl (C=O) groups excluding carboxylic acids is 1. The molecule has 5 nitrogen and oxygen atoms in total. The maximum atomic E-state index is 10.3. The molecule has 0 bridgehead atoms. The first-order chi connectivity index (χ1) is 5.33. The zero-order valence-corrected chi connectivity index (χ0v) is 5.99. The van der Waals surface area contributed by atoms with Gasteiger partial charge in [0.1, 0.15) is 18.2 Å². The van der Waals surface area contributed by atoms with E-state index in [-0.39, 0.29) is 5.88 Å². The van der Waals surface area contributed by atoms with Crippen LogP contribution in [0.3, 0.4) is 0 Å². The second-order valence-corrected chi connectivity index (χ2v) is 1.63. The van der Waals surface area contributed by atoms with Crippen LogP contribution in [0.4, 0.5) is 4.79 Å². The Morgan fingerprint density at radius 1 is 1.64 bits per heavy atom. The topological polar surface area (TPSA) is 61.3 Å². The highest BCUT2D eigenvalue weighted by Gasteiger charge is 2.04. The summed E-state index contributed by atoms with van der Waals surface area (Å²) in [7, 11) is 0. The van der Waals surface area contributed by atoms with Crippen LogP contribution in [0, 0.1) is 0 Å². The van der Waals surface area contributed by atoms with Crippen LogP contribution in [0.2, 0.25) is 0 Å². The van der Waals surface area contributed by atoms with Crippen molar-refractivity contribution in [2.75, 3.05) is 0 Å². The molecule has 1 heterocycles. The van der Waals surface area contributed by atoms with Gasteiger partial charge in [-0.25, -0.2) is 14.8 Å². The van der Waals surface area contributed by atoms with Crippen molar-refractivity contribution in [3.05, 3.63) is 18.6 Å². The lowest BCUT2D eigenvalue weighted by Gasteiger charge is -1.96. The molecule has 0 aromatic carbocycles. The highest BCUT2D eigenvalue weighted by atomic mass is 35.5. The molecule has 0 spiro atoms. The van der Waals surface area contributed by atoms with Crippen LogP contribution >= 0.6 is 11.9 Å². The third-order valence-electron chi connectivity index (χ3n) is 0.806. The smallest absolute Gasteiger partial charge is 0.375 e. The normalized spacial score (nSPS) is 8.82. The molecule has 0 aliphatic heterocycles. The standard InChI is InChI=1S/C5H3ClN2O3/c6-11-5(9)10-4-1-2-7-3-8-4/h1-3H. The Labute approximate surface area is 67.1 Å². The second-order valence-electron chi connectivity index (χ2n) is 1.48. The molecule has 0 aliphatic rings. The zero-order valence-electron chi connectivity index (χ0n) is 5.23. The first kappa shape index (κ1) is 7.74. The van der Waals surface area contributed by atoms with Gasteiger partial charge in [-0.3, -0.25) is 0 Å². The number of halogens is 1. The molecule has 0 amide bonds. The molecule has 0 unspecified atom stereocenters. The van der Waals surface area contributed by atoms with Gasteiger partial charge in [-0.1, -0.05) is 0 Å². The van der Waals surface area contributed by atoms with Gasteiger partial charge in [0.15, 0.2) is 0 Å². The van der Waals surface area contributed by atoms with Crippen molar-refractivity contribution < 1.29 is 13.8 Å². The summed E-state index contributed by atoms with van der Waals surface area (Å²) < 4.78 is 8.12. The largest absolute Gasteiger partial charge is 0.533 e. The lowest BCUT2D eigenvalue weighted by Crippen LogP contribution is -2.05. The van der Waals surface area contributed by atoms with Crippen LogP contribution in [0.1, 0.15) is 0 Å². The van der Waals surface area contributed by atoms with Crippen LogP contribution in [-0.4, -0.2) is 16.1 Å². The quantitative estimate of drug-likeness (QED) is 0.598. The van der Waals surface area contributed by atoms with Crippen molar-refractivity contribution in [2.45, 2.75) is 0 Å². The molecule has 0 radical (unpaired) electrons. The zero-order chi connectivity index (χ0) is 8.10. The molecule has 11 heavy (non-hydrogen) atoms. The maximum Gasteiger partial charge on any atom is 0.533 e. The van der Waals surface area contributed by atoms with E-state index in [1.165, 1.54) is 18.6 Å². The average molecular weight is 175 g/mol. The van der Waals surface area contributed by atoms with Gasteiger partial charge in [-0.15, -0.1) is 0 Å². The summed E-state index contributed by atoms with van der Waals surface area (Å²) in [6.45, 7) is 0. The lowest BCUT2D eigenvalue weighted by atomic mass is 10.6. The fraction of sp³-hybridized carbons (Fsp3) is 0. The summed E-state index contributed by atoms with van der Waals surface area (Å²) in [4.78, 5) is 17.5. The highest BCUT2D eigenvalue weighted by Crippen LogP contribution is 2.03. The highest BCUT2D eigenvalue weighted by molar-refractivity contribution is 6.12. The van der Waals surface area contributed by atoms with Crippen molar-refractivity contribution in [3.8, 4) is 5.88 Å². The number of ether oxygens (including phenoxy) is 1. The van der Waals surface area contributed by atoms with Gasteiger partial charge in [-0.05, 0) is 0 Å². The molecule has 0 saturated carbocycles. The summed E-state index contributed by atoms with van der Waals surface area (Å²) >= 11 is 4.68.